The van der Waals surface area contributed by atoms with Gasteiger partial charge in [-0.25, -0.2) is 15.0 Å². The summed E-state index contributed by atoms with van der Waals surface area (Å²) < 4.78 is 12.0. The molecule has 0 aromatic carbocycles. The van der Waals surface area contributed by atoms with Crippen LogP contribution in [-0.2, 0) is 0 Å². The van der Waals surface area contributed by atoms with Gasteiger partial charge in [0.25, 0.3) is 0 Å². The summed E-state index contributed by atoms with van der Waals surface area (Å²) >= 11 is 0. The number of rotatable bonds is 1. The van der Waals surface area contributed by atoms with Gasteiger partial charge in [-0.1, -0.05) is 25.8 Å². The van der Waals surface area contributed by atoms with Crippen LogP contribution >= 0.6 is 0 Å². The van der Waals surface area contributed by atoms with Crippen LogP contribution in [-0.4, -0.2) is 40.2 Å². The molecule has 2 N–H and O–H groups in total. The minimum atomic E-state index is -0.242. The van der Waals surface area contributed by atoms with E-state index < -0.39 is 0 Å². The van der Waals surface area contributed by atoms with E-state index in [1.54, 1.807) is 18.6 Å². The molecule has 0 fully saturated rings. The van der Waals surface area contributed by atoms with Crippen molar-refractivity contribution in [2.75, 3.05) is 30.9 Å². The lowest BCUT2D eigenvalue weighted by Crippen LogP contribution is -2.29. The molecule has 0 atom stereocenters. The van der Waals surface area contributed by atoms with E-state index in [-0.39, 0.29) is 5.41 Å². The first-order chi connectivity index (χ1) is 16.5. The van der Waals surface area contributed by atoms with Crippen molar-refractivity contribution in [3.63, 3.8) is 0 Å². The number of nitrogens with zero attached hydrogens (tertiary/aromatic N) is 4. The molecule has 5 rings (SSSR count). The molecule has 1 aliphatic rings. The molecule has 8 nitrogen and oxygen atoms in total. The van der Waals surface area contributed by atoms with Gasteiger partial charge in [-0.05, 0) is 24.1 Å². The molecule has 1 aliphatic heterocycles. The van der Waals surface area contributed by atoms with Crippen LogP contribution in [0.5, 0.6) is 11.6 Å². The van der Waals surface area contributed by atoms with Crippen LogP contribution in [0.1, 0.15) is 25.1 Å². The number of hydrogen-bond acceptors (Lipinski definition) is 8. The lowest BCUT2D eigenvalue weighted by Gasteiger charge is -2.24. The zero-order valence-electron chi connectivity index (χ0n) is 19.2. The number of nitrogens with one attached hydrogen (secondary N) is 2. The Labute approximate surface area is 197 Å². The molecule has 6 bridgehead atoms. The summed E-state index contributed by atoms with van der Waals surface area (Å²) in [6, 6.07) is 11.2. The zero-order valence-corrected chi connectivity index (χ0v) is 19.2. The van der Waals surface area contributed by atoms with Gasteiger partial charge in [0, 0.05) is 54.0 Å². The average Bonchev–Trinajstić information content (AvgIpc) is 2.85. The molecule has 170 valence electrons. The van der Waals surface area contributed by atoms with E-state index in [9.17, 15) is 0 Å². The van der Waals surface area contributed by atoms with E-state index in [2.05, 4.69) is 56.3 Å². The predicted molar refractivity (Wildman–Crippen MR) is 132 cm³/mol. The first-order valence-corrected chi connectivity index (χ1v) is 10.9. The number of ether oxygens (including phenoxy) is 2. The van der Waals surface area contributed by atoms with Gasteiger partial charge in [-0.15, -0.1) is 0 Å². The minimum absolute atomic E-state index is 0.242. The van der Waals surface area contributed by atoms with E-state index in [0.717, 1.165) is 22.2 Å². The normalized spacial score (nSPS) is 14.4. The molecule has 4 aromatic heterocycles. The second-order valence-corrected chi connectivity index (χ2v) is 8.74. The van der Waals surface area contributed by atoms with Gasteiger partial charge in [-0.2, -0.15) is 4.98 Å². The van der Waals surface area contributed by atoms with Crippen molar-refractivity contribution < 1.29 is 9.47 Å². The molecule has 5 heterocycles. The standard InChI is InChI=1S/C26H24N6O2/c1-26(2)15-33-19-9-10-28-18(11-19)8-7-17-13-30-25(27-3)21-14-29-23(12-20(17)21)31-22-5-4-6-24(32-22)34-16-26/h4-6,9-14H,15-16H2,1-3H3,(H,27,30)(H,29,31,32). The van der Waals surface area contributed by atoms with Crippen molar-refractivity contribution >= 4 is 28.2 Å². The Morgan fingerprint density at radius 1 is 0.941 bits per heavy atom. The van der Waals surface area contributed by atoms with Crippen LogP contribution in [0.2, 0.25) is 0 Å². The Bertz CT molecular complexity index is 1420. The van der Waals surface area contributed by atoms with Crippen LogP contribution in [0, 0.1) is 17.3 Å². The Balaban J connectivity index is 1.63. The van der Waals surface area contributed by atoms with E-state index >= 15 is 0 Å². The van der Waals surface area contributed by atoms with E-state index in [4.69, 9.17) is 9.47 Å². The molecule has 0 radical (unpaired) electrons. The Morgan fingerprint density at radius 2 is 1.82 bits per heavy atom. The Kier molecular flexibility index (Phi) is 5.60. The molecule has 0 amide bonds. The number of fused-ring (bicyclic) bond motifs is 5. The van der Waals surface area contributed by atoms with Crippen molar-refractivity contribution in [2.45, 2.75) is 13.8 Å². The van der Waals surface area contributed by atoms with Gasteiger partial charge in [0.05, 0.1) is 18.8 Å². The maximum absolute atomic E-state index is 6.04. The van der Waals surface area contributed by atoms with Crippen LogP contribution < -0.4 is 20.1 Å². The lowest BCUT2D eigenvalue weighted by molar-refractivity contribution is 0.108. The summed E-state index contributed by atoms with van der Waals surface area (Å²) in [5.74, 6) is 9.60. The summed E-state index contributed by atoms with van der Waals surface area (Å²) in [7, 11) is 1.83. The van der Waals surface area contributed by atoms with Gasteiger partial charge >= 0.3 is 0 Å². The van der Waals surface area contributed by atoms with Gasteiger partial charge < -0.3 is 20.1 Å². The average molecular weight is 453 g/mol. The summed E-state index contributed by atoms with van der Waals surface area (Å²) in [6.45, 7) is 5.07. The van der Waals surface area contributed by atoms with Crippen molar-refractivity contribution in [3.05, 3.63) is 66.2 Å². The first-order valence-electron chi connectivity index (χ1n) is 10.9. The smallest absolute Gasteiger partial charge is 0.215 e. The highest BCUT2D eigenvalue weighted by Crippen LogP contribution is 2.27. The fourth-order valence-electron chi connectivity index (χ4n) is 3.49. The molecule has 8 heteroatoms. The van der Waals surface area contributed by atoms with Gasteiger partial charge in [0.1, 0.15) is 28.9 Å². The van der Waals surface area contributed by atoms with Crippen molar-refractivity contribution in [3.8, 4) is 23.5 Å². The van der Waals surface area contributed by atoms with Crippen molar-refractivity contribution in [1.82, 2.24) is 19.9 Å². The highest BCUT2D eigenvalue weighted by atomic mass is 16.5. The SMILES string of the molecule is CNc1ncc2c3cc(ncc13)Nc1cccc(n1)OCC(C)(C)COc1ccnc(c1)C#C2. The largest absolute Gasteiger partial charge is 0.493 e. The summed E-state index contributed by atoms with van der Waals surface area (Å²) in [6.07, 6.45) is 5.22. The Morgan fingerprint density at radius 3 is 2.71 bits per heavy atom. The van der Waals surface area contributed by atoms with E-state index in [1.165, 1.54) is 0 Å². The summed E-state index contributed by atoms with van der Waals surface area (Å²) in [5, 5.41) is 8.16. The molecular formula is C26H24N6O2. The van der Waals surface area contributed by atoms with Crippen LogP contribution in [0.3, 0.4) is 0 Å². The molecule has 0 saturated heterocycles. The molecule has 0 aliphatic carbocycles. The highest BCUT2D eigenvalue weighted by Gasteiger charge is 2.21. The third-order valence-corrected chi connectivity index (χ3v) is 5.29. The van der Waals surface area contributed by atoms with E-state index in [0.29, 0.717) is 42.2 Å². The second-order valence-electron chi connectivity index (χ2n) is 8.74. The number of anilines is 3. The van der Waals surface area contributed by atoms with Gasteiger partial charge in [0.2, 0.25) is 5.88 Å². The Hall–Kier alpha value is -4.38. The summed E-state index contributed by atoms with van der Waals surface area (Å²) in [4.78, 5) is 18.0. The van der Waals surface area contributed by atoms with E-state index in [1.807, 2.05) is 43.4 Å². The first kappa shape index (κ1) is 21.5. The number of hydrogen-bond donors (Lipinski definition) is 2. The minimum Gasteiger partial charge on any atom is -0.493 e. The molecule has 34 heavy (non-hydrogen) atoms. The van der Waals surface area contributed by atoms with Crippen LogP contribution in [0.15, 0.2) is 55.0 Å². The quantitative estimate of drug-likeness (QED) is 0.411. The fraction of sp³-hybridized carbons (Fsp3) is 0.231. The highest BCUT2D eigenvalue weighted by molar-refractivity contribution is 5.96. The number of pyridine rings is 4. The summed E-state index contributed by atoms with van der Waals surface area (Å²) in [5.41, 5.74) is 1.14. The monoisotopic (exact) mass is 452 g/mol. The van der Waals surface area contributed by atoms with Crippen molar-refractivity contribution in [2.24, 2.45) is 5.41 Å². The fourth-order valence-corrected chi connectivity index (χ4v) is 3.49. The van der Waals surface area contributed by atoms with Gasteiger partial charge in [0.15, 0.2) is 0 Å². The maximum Gasteiger partial charge on any atom is 0.215 e. The van der Waals surface area contributed by atoms with Crippen LogP contribution in [0.4, 0.5) is 17.5 Å². The van der Waals surface area contributed by atoms with Gasteiger partial charge in [-0.3, -0.25) is 0 Å². The number of aromatic nitrogens is 4. The van der Waals surface area contributed by atoms with Crippen molar-refractivity contribution in [1.29, 1.82) is 0 Å². The van der Waals surface area contributed by atoms with Crippen LogP contribution in [0.25, 0.3) is 10.8 Å². The molecule has 0 saturated carbocycles. The topological polar surface area (TPSA) is 94.1 Å². The predicted octanol–water partition coefficient (Wildman–Crippen LogP) is 4.40. The zero-order chi connectivity index (χ0) is 23.5. The lowest BCUT2D eigenvalue weighted by atomic mass is 9.96. The molecule has 0 spiro atoms. The third-order valence-electron chi connectivity index (χ3n) is 5.29. The molecule has 0 unspecified atom stereocenters. The molecule has 4 aromatic rings. The second kappa shape index (κ2) is 8.87. The molecular weight excluding hydrogens is 428 g/mol. The third kappa shape index (κ3) is 4.69. The maximum atomic E-state index is 6.04.